The Balaban J connectivity index is 2.55. The van der Waals surface area contributed by atoms with E-state index < -0.39 is 0 Å². The van der Waals surface area contributed by atoms with Crippen LogP contribution in [0.5, 0.6) is 5.75 Å². The number of nitrogens with zero attached hydrogens (tertiary/aromatic N) is 1. The van der Waals surface area contributed by atoms with Crippen molar-refractivity contribution in [2.24, 2.45) is 0 Å². The number of rotatable bonds is 5. The first-order valence-corrected chi connectivity index (χ1v) is 6.07. The summed E-state index contributed by atoms with van der Waals surface area (Å²) >= 11 is 0. The first-order valence-electron chi connectivity index (χ1n) is 6.07. The fourth-order valence-corrected chi connectivity index (χ4v) is 2.10. The second-order valence-electron chi connectivity index (χ2n) is 4.19. The van der Waals surface area contributed by atoms with Gasteiger partial charge in [0.1, 0.15) is 5.75 Å². The highest BCUT2D eigenvalue weighted by atomic mass is 16.5. The summed E-state index contributed by atoms with van der Waals surface area (Å²) in [5, 5.41) is 9.76. The number of aromatic nitrogens is 1. The Morgan fingerprint density at radius 1 is 1.37 bits per heavy atom. The lowest BCUT2D eigenvalue weighted by Gasteiger charge is -2.05. The number of carbonyl (C=O) groups is 1. The number of aliphatic hydroxyl groups is 1. The molecule has 19 heavy (non-hydrogen) atoms. The molecule has 5 nitrogen and oxygen atoms in total. The van der Waals surface area contributed by atoms with E-state index in [1.54, 1.807) is 13.3 Å². The number of hydrogen-bond donors (Lipinski definition) is 1. The smallest absolute Gasteiger partial charge is 0.340 e. The molecular formula is C14H17NO4. The van der Waals surface area contributed by atoms with Gasteiger partial charge in [0.15, 0.2) is 0 Å². The Kier molecular flexibility index (Phi) is 4.06. The number of benzene rings is 1. The van der Waals surface area contributed by atoms with Crippen LogP contribution < -0.4 is 4.74 Å². The molecule has 1 N–H and O–H groups in total. The lowest BCUT2D eigenvalue weighted by molar-refractivity contribution is 0.0602. The maximum absolute atomic E-state index is 11.8. The van der Waals surface area contributed by atoms with Gasteiger partial charge >= 0.3 is 5.97 Å². The molecule has 0 aliphatic heterocycles. The maximum Gasteiger partial charge on any atom is 0.340 e. The highest BCUT2D eigenvalue weighted by Crippen LogP contribution is 2.26. The molecule has 0 aliphatic rings. The van der Waals surface area contributed by atoms with Gasteiger partial charge in [-0.1, -0.05) is 0 Å². The summed E-state index contributed by atoms with van der Waals surface area (Å²) in [6, 6.07) is 5.53. The molecule has 2 aromatic rings. The fourth-order valence-electron chi connectivity index (χ4n) is 2.10. The first-order chi connectivity index (χ1) is 9.21. The van der Waals surface area contributed by atoms with Crippen LogP contribution in [0.1, 0.15) is 16.8 Å². The van der Waals surface area contributed by atoms with E-state index in [0.717, 1.165) is 16.7 Å². The first kappa shape index (κ1) is 13.4. The minimum absolute atomic E-state index is 0.108. The minimum atomic E-state index is -0.363. The molecule has 1 aromatic heterocycles. The summed E-state index contributed by atoms with van der Waals surface area (Å²) in [6.45, 7) is 0.744. The molecule has 0 amide bonds. The van der Waals surface area contributed by atoms with Crippen molar-refractivity contribution in [2.45, 2.75) is 13.0 Å². The van der Waals surface area contributed by atoms with Gasteiger partial charge in [-0.3, -0.25) is 0 Å². The lowest BCUT2D eigenvalue weighted by Crippen LogP contribution is -2.01. The summed E-state index contributed by atoms with van der Waals surface area (Å²) in [4.78, 5) is 11.8. The molecule has 2 rings (SSSR count). The number of aryl methyl sites for hydroxylation is 1. The molecule has 0 radical (unpaired) electrons. The van der Waals surface area contributed by atoms with Crippen LogP contribution in [0.25, 0.3) is 10.9 Å². The van der Waals surface area contributed by atoms with Crippen molar-refractivity contribution in [1.82, 2.24) is 4.57 Å². The summed E-state index contributed by atoms with van der Waals surface area (Å²) in [6.07, 6.45) is 2.38. The predicted octanol–water partition coefficient (Wildman–Crippen LogP) is 1.82. The summed E-state index contributed by atoms with van der Waals surface area (Å²) in [7, 11) is 2.96. The van der Waals surface area contributed by atoms with Gasteiger partial charge in [0, 0.05) is 30.8 Å². The number of hydrogen-bond acceptors (Lipinski definition) is 4. The molecule has 1 heterocycles. The van der Waals surface area contributed by atoms with E-state index in [1.807, 2.05) is 22.8 Å². The number of fused-ring (bicyclic) bond motifs is 1. The van der Waals surface area contributed by atoms with Crippen LogP contribution in [0.2, 0.25) is 0 Å². The molecule has 0 spiro atoms. The largest absolute Gasteiger partial charge is 0.497 e. The van der Waals surface area contributed by atoms with E-state index in [9.17, 15) is 4.79 Å². The number of carbonyl (C=O) groups excluding carboxylic acids is 1. The van der Waals surface area contributed by atoms with Crippen LogP contribution in [0, 0.1) is 0 Å². The molecule has 0 atom stereocenters. The van der Waals surface area contributed by atoms with Crippen LogP contribution in [0.15, 0.2) is 24.4 Å². The van der Waals surface area contributed by atoms with E-state index in [4.69, 9.17) is 14.6 Å². The zero-order chi connectivity index (χ0) is 13.8. The van der Waals surface area contributed by atoms with Crippen molar-refractivity contribution >= 4 is 16.9 Å². The Morgan fingerprint density at radius 3 is 2.79 bits per heavy atom. The quantitative estimate of drug-likeness (QED) is 0.836. The molecule has 0 bridgehead atoms. The molecule has 0 saturated carbocycles. The van der Waals surface area contributed by atoms with Crippen LogP contribution in [-0.4, -0.2) is 36.5 Å². The number of esters is 1. The van der Waals surface area contributed by atoms with E-state index >= 15 is 0 Å². The van der Waals surface area contributed by atoms with Gasteiger partial charge in [-0.2, -0.15) is 0 Å². The van der Waals surface area contributed by atoms with E-state index in [2.05, 4.69) is 0 Å². The van der Waals surface area contributed by atoms with Crippen molar-refractivity contribution in [1.29, 1.82) is 0 Å². The highest BCUT2D eigenvalue weighted by molar-refractivity contribution is 6.04. The van der Waals surface area contributed by atoms with Gasteiger partial charge in [0.05, 0.1) is 25.3 Å². The highest BCUT2D eigenvalue weighted by Gasteiger charge is 2.15. The van der Waals surface area contributed by atoms with E-state index in [-0.39, 0.29) is 12.6 Å². The molecule has 0 fully saturated rings. The summed E-state index contributed by atoms with van der Waals surface area (Å²) in [5.74, 6) is 0.366. The zero-order valence-electron chi connectivity index (χ0n) is 11.0. The molecule has 5 heteroatoms. The van der Waals surface area contributed by atoms with Crippen molar-refractivity contribution in [3.05, 3.63) is 30.0 Å². The molecule has 0 saturated heterocycles. The third-order valence-corrected chi connectivity index (χ3v) is 3.05. The van der Waals surface area contributed by atoms with Crippen molar-refractivity contribution < 1.29 is 19.4 Å². The Hall–Kier alpha value is -2.01. The average molecular weight is 263 g/mol. The molecule has 0 unspecified atom stereocenters. The van der Waals surface area contributed by atoms with Gasteiger partial charge < -0.3 is 19.1 Å². The number of aliphatic hydroxyl groups excluding tert-OH is 1. The van der Waals surface area contributed by atoms with Crippen LogP contribution in [0.4, 0.5) is 0 Å². The predicted molar refractivity (Wildman–Crippen MR) is 71.5 cm³/mol. The van der Waals surface area contributed by atoms with Crippen molar-refractivity contribution in [3.63, 3.8) is 0 Å². The van der Waals surface area contributed by atoms with Gasteiger partial charge in [-0.15, -0.1) is 0 Å². The maximum atomic E-state index is 11.8. The van der Waals surface area contributed by atoms with Gasteiger partial charge in [-0.05, 0) is 18.6 Å². The monoisotopic (exact) mass is 263 g/mol. The molecular weight excluding hydrogens is 246 g/mol. The lowest BCUT2D eigenvalue weighted by atomic mass is 10.2. The van der Waals surface area contributed by atoms with Gasteiger partial charge in [-0.25, -0.2) is 4.79 Å². The topological polar surface area (TPSA) is 60.7 Å². The number of methoxy groups -OCH3 is 2. The molecule has 1 aromatic carbocycles. The summed E-state index contributed by atoms with van der Waals surface area (Å²) in [5.41, 5.74) is 1.42. The standard InChI is InChI=1S/C14H17NO4/c1-18-10-4-5-11-12(14(17)19-2)9-15(6-3-7-16)13(11)8-10/h4-5,8-9,16H,3,6-7H2,1-2H3. The second kappa shape index (κ2) is 5.75. The number of ether oxygens (including phenoxy) is 2. The Bertz CT molecular complexity index is 588. The average Bonchev–Trinajstić information content (AvgIpc) is 2.82. The zero-order valence-corrected chi connectivity index (χ0v) is 11.0. The Labute approximate surface area is 111 Å². The third kappa shape index (κ3) is 2.56. The molecule has 0 aliphatic carbocycles. The van der Waals surface area contributed by atoms with E-state index in [0.29, 0.717) is 18.5 Å². The summed E-state index contributed by atoms with van der Waals surface area (Å²) < 4.78 is 11.9. The minimum Gasteiger partial charge on any atom is -0.497 e. The van der Waals surface area contributed by atoms with Crippen molar-refractivity contribution in [3.8, 4) is 5.75 Å². The van der Waals surface area contributed by atoms with Crippen LogP contribution >= 0.6 is 0 Å². The normalized spacial score (nSPS) is 10.7. The second-order valence-corrected chi connectivity index (χ2v) is 4.19. The van der Waals surface area contributed by atoms with Crippen LogP contribution in [-0.2, 0) is 11.3 Å². The van der Waals surface area contributed by atoms with Gasteiger partial charge in [0.2, 0.25) is 0 Å². The SMILES string of the molecule is COC(=O)c1cn(CCCO)c2cc(OC)ccc12. The van der Waals surface area contributed by atoms with E-state index in [1.165, 1.54) is 7.11 Å². The Morgan fingerprint density at radius 2 is 2.16 bits per heavy atom. The van der Waals surface area contributed by atoms with Gasteiger partial charge in [0.25, 0.3) is 0 Å². The van der Waals surface area contributed by atoms with Crippen molar-refractivity contribution in [2.75, 3.05) is 20.8 Å². The third-order valence-electron chi connectivity index (χ3n) is 3.05. The van der Waals surface area contributed by atoms with Crippen LogP contribution in [0.3, 0.4) is 0 Å². The molecule has 102 valence electrons. The fraction of sp³-hybridized carbons (Fsp3) is 0.357.